The zero-order valence-corrected chi connectivity index (χ0v) is 10.2. The van der Waals surface area contributed by atoms with Crippen LogP contribution in [0.15, 0.2) is 18.5 Å². The third kappa shape index (κ3) is 4.30. The summed E-state index contributed by atoms with van der Waals surface area (Å²) in [4.78, 5) is 22.7. The number of amides is 1. The van der Waals surface area contributed by atoms with Gasteiger partial charge in [0.1, 0.15) is 0 Å². The summed E-state index contributed by atoms with van der Waals surface area (Å²) >= 11 is 0. The smallest absolute Gasteiger partial charge is 0.307 e. The summed E-state index contributed by atoms with van der Waals surface area (Å²) in [5, 5.41) is 2.67. The summed E-state index contributed by atoms with van der Waals surface area (Å²) in [5.74, 6) is -0.458. The summed E-state index contributed by atoms with van der Waals surface area (Å²) < 4.78 is 6.67. The lowest BCUT2D eigenvalue weighted by Crippen LogP contribution is -2.26. The van der Waals surface area contributed by atoms with Crippen molar-refractivity contribution in [2.24, 2.45) is 0 Å². The standard InChI is InChI=1S/C12H18N2O3/c1-3-14-8-6-10(9-14)12(16)13-7-5-11(15)17-4-2/h6,8-9H,3-5,7H2,1-2H3,(H,13,16). The molecule has 0 saturated carbocycles. The Labute approximate surface area is 101 Å². The molecule has 0 radical (unpaired) electrons. The van der Waals surface area contributed by atoms with Crippen LogP contribution in [0.2, 0.25) is 0 Å². The highest BCUT2D eigenvalue weighted by Gasteiger charge is 2.07. The van der Waals surface area contributed by atoms with Crippen LogP contribution >= 0.6 is 0 Å². The fourth-order valence-electron chi connectivity index (χ4n) is 1.39. The van der Waals surface area contributed by atoms with E-state index >= 15 is 0 Å². The molecule has 17 heavy (non-hydrogen) atoms. The van der Waals surface area contributed by atoms with Crippen LogP contribution in [0.5, 0.6) is 0 Å². The molecule has 5 nitrogen and oxygen atoms in total. The number of aromatic nitrogens is 1. The Bertz CT molecular complexity index is 385. The molecule has 5 heteroatoms. The summed E-state index contributed by atoms with van der Waals surface area (Å²) in [6.07, 6.45) is 3.83. The monoisotopic (exact) mass is 238 g/mol. The Morgan fingerprint density at radius 3 is 2.76 bits per heavy atom. The number of rotatable bonds is 6. The van der Waals surface area contributed by atoms with Gasteiger partial charge in [-0.1, -0.05) is 0 Å². The second kappa shape index (κ2) is 6.73. The van der Waals surface area contributed by atoms with E-state index in [1.807, 2.05) is 17.7 Å². The second-order valence-corrected chi connectivity index (χ2v) is 3.54. The fourth-order valence-corrected chi connectivity index (χ4v) is 1.39. The van der Waals surface area contributed by atoms with Crippen molar-refractivity contribution in [3.8, 4) is 0 Å². The van der Waals surface area contributed by atoms with Gasteiger partial charge in [-0.25, -0.2) is 0 Å². The minimum absolute atomic E-state index is 0.165. The maximum Gasteiger partial charge on any atom is 0.307 e. The Morgan fingerprint density at radius 1 is 1.41 bits per heavy atom. The van der Waals surface area contributed by atoms with Gasteiger partial charge in [-0.3, -0.25) is 9.59 Å². The van der Waals surface area contributed by atoms with Gasteiger partial charge in [0.2, 0.25) is 0 Å². The average molecular weight is 238 g/mol. The number of hydrogen-bond donors (Lipinski definition) is 1. The van der Waals surface area contributed by atoms with E-state index in [9.17, 15) is 9.59 Å². The SMILES string of the molecule is CCOC(=O)CCNC(=O)c1ccn(CC)c1. The molecule has 0 fully saturated rings. The molecule has 0 unspecified atom stereocenters. The van der Waals surface area contributed by atoms with Gasteiger partial charge in [-0.15, -0.1) is 0 Å². The van der Waals surface area contributed by atoms with Crippen molar-refractivity contribution in [2.75, 3.05) is 13.2 Å². The molecule has 0 aliphatic rings. The Kier molecular flexibility index (Phi) is 5.26. The average Bonchev–Trinajstić information content (AvgIpc) is 2.77. The van der Waals surface area contributed by atoms with E-state index in [2.05, 4.69) is 5.32 Å². The molecule has 1 rings (SSSR count). The first-order chi connectivity index (χ1) is 8.17. The van der Waals surface area contributed by atoms with Crippen LogP contribution in [0.1, 0.15) is 30.6 Å². The third-order valence-corrected chi connectivity index (χ3v) is 2.30. The van der Waals surface area contributed by atoms with Crippen LogP contribution < -0.4 is 5.32 Å². The molecule has 1 N–H and O–H groups in total. The lowest BCUT2D eigenvalue weighted by Gasteiger charge is -2.03. The molecule has 0 aromatic carbocycles. The summed E-state index contributed by atoms with van der Waals surface area (Å²) in [6, 6.07) is 1.75. The minimum Gasteiger partial charge on any atom is -0.466 e. The van der Waals surface area contributed by atoms with E-state index in [4.69, 9.17) is 4.74 Å². The lowest BCUT2D eigenvalue weighted by molar-refractivity contribution is -0.142. The van der Waals surface area contributed by atoms with Crippen molar-refractivity contribution in [1.82, 2.24) is 9.88 Å². The molecule has 0 atom stereocenters. The lowest BCUT2D eigenvalue weighted by atomic mass is 10.3. The first-order valence-corrected chi connectivity index (χ1v) is 5.77. The highest BCUT2D eigenvalue weighted by Crippen LogP contribution is 2.00. The molecule has 0 aliphatic heterocycles. The van der Waals surface area contributed by atoms with Gasteiger partial charge in [0.05, 0.1) is 18.6 Å². The maximum absolute atomic E-state index is 11.6. The van der Waals surface area contributed by atoms with Gasteiger partial charge in [-0.2, -0.15) is 0 Å². The minimum atomic E-state index is -0.293. The van der Waals surface area contributed by atoms with Crippen LogP contribution in [0.4, 0.5) is 0 Å². The van der Waals surface area contributed by atoms with Crippen molar-refractivity contribution < 1.29 is 14.3 Å². The zero-order chi connectivity index (χ0) is 12.7. The number of aryl methyl sites for hydroxylation is 1. The number of nitrogens with one attached hydrogen (secondary N) is 1. The first-order valence-electron chi connectivity index (χ1n) is 5.77. The van der Waals surface area contributed by atoms with Crippen molar-refractivity contribution in [2.45, 2.75) is 26.8 Å². The third-order valence-electron chi connectivity index (χ3n) is 2.30. The predicted octanol–water partition coefficient (Wildman–Crippen LogP) is 1.19. The highest BCUT2D eigenvalue weighted by atomic mass is 16.5. The molecule has 1 aromatic rings. The quantitative estimate of drug-likeness (QED) is 0.757. The number of hydrogen-bond acceptors (Lipinski definition) is 3. The highest BCUT2D eigenvalue weighted by molar-refractivity contribution is 5.94. The fraction of sp³-hybridized carbons (Fsp3) is 0.500. The zero-order valence-electron chi connectivity index (χ0n) is 10.2. The first kappa shape index (κ1) is 13.3. The van der Waals surface area contributed by atoms with Crippen molar-refractivity contribution in [3.05, 3.63) is 24.0 Å². The largest absolute Gasteiger partial charge is 0.466 e. The normalized spacial score (nSPS) is 10.0. The number of carbonyl (C=O) groups is 2. The summed E-state index contributed by atoms with van der Waals surface area (Å²) in [7, 11) is 0. The molecule has 0 spiro atoms. The molecule has 0 bridgehead atoms. The van der Waals surface area contributed by atoms with Crippen LogP contribution in [0, 0.1) is 0 Å². The van der Waals surface area contributed by atoms with Crippen LogP contribution in [-0.4, -0.2) is 29.6 Å². The van der Waals surface area contributed by atoms with E-state index in [0.717, 1.165) is 6.54 Å². The molecule has 1 aromatic heterocycles. The molecule has 94 valence electrons. The van der Waals surface area contributed by atoms with Gasteiger partial charge in [0.25, 0.3) is 5.91 Å². The molecular formula is C12H18N2O3. The Balaban J connectivity index is 2.32. The predicted molar refractivity (Wildman–Crippen MR) is 63.7 cm³/mol. The number of ether oxygens (including phenoxy) is 1. The molecule has 0 aliphatic carbocycles. The molecule has 0 saturated heterocycles. The molecule has 1 amide bonds. The van der Waals surface area contributed by atoms with Gasteiger partial charge in [0.15, 0.2) is 0 Å². The van der Waals surface area contributed by atoms with E-state index in [1.54, 1.807) is 19.2 Å². The van der Waals surface area contributed by atoms with Gasteiger partial charge in [0, 0.05) is 25.5 Å². The van der Waals surface area contributed by atoms with Crippen LogP contribution in [0.25, 0.3) is 0 Å². The van der Waals surface area contributed by atoms with E-state index in [1.165, 1.54) is 0 Å². The number of carbonyl (C=O) groups excluding carboxylic acids is 2. The van der Waals surface area contributed by atoms with Gasteiger partial charge < -0.3 is 14.6 Å². The van der Waals surface area contributed by atoms with Crippen LogP contribution in [0.3, 0.4) is 0 Å². The summed E-state index contributed by atoms with van der Waals surface area (Å²) in [5.41, 5.74) is 0.607. The Morgan fingerprint density at radius 2 is 2.18 bits per heavy atom. The van der Waals surface area contributed by atoms with E-state index < -0.39 is 0 Å². The molecular weight excluding hydrogens is 220 g/mol. The van der Waals surface area contributed by atoms with Gasteiger partial charge >= 0.3 is 5.97 Å². The Hall–Kier alpha value is -1.78. The van der Waals surface area contributed by atoms with Crippen molar-refractivity contribution >= 4 is 11.9 Å². The maximum atomic E-state index is 11.6. The van der Waals surface area contributed by atoms with Gasteiger partial charge in [-0.05, 0) is 19.9 Å². The van der Waals surface area contributed by atoms with Crippen LogP contribution in [-0.2, 0) is 16.1 Å². The van der Waals surface area contributed by atoms with E-state index in [0.29, 0.717) is 18.7 Å². The molecule has 1 heterocycles. The van der Waals surface area contributed by atoms with E-state index in [-0.39, 0.29) is 18.3 Å². The number of nitrogens with zero attached hydrogens (tertiary/aromatic N) is 1. The second-order valence-electron chi connectivity index (χ2n) is 3.54. The van der Waals surface area contributed by atoms with Crippen molar-refractivity contribution in [1.29, 1.82) is 0 Å². The van der Waals surface area contributed by atoms with Crippen molar-refractivity contribution in [3.63, 3.8) is 0 Å². The summed E-state index contributed by atoms with van der Waals surface area (Å²) in [6.45, 7) is 5.25. The number of esters is 1. The topological polar surface area (TPSA) is 60.3 Å².